The zero-order chi connectivity index (χ0) is 11.0. The molecule has 0 aliphatic carbocycles. The molecule has 0 aliphatic heterocycles. The van der Waals surface area contributed by atoms with Crippen LogP contribution in [0, 0.1) is 0 Å². The Kier molecular flexibility index (Phi) is 2.52. The Morgan fingerprint density at radius 3 is 2.87 bits per heavy atom. The molecule has 0 atom stereocenters. The highest BCUT2D eigenvalue weighted by molar-refractivity contribution is 9.10. The second-order valence-electron chi connectivity index (χ2n) is 3.33. The van der Waals surface area contributed by atoms with E-state index in [2.05, 4.69) is 15.9 Å². The van der Waals surface area contributed by atoms with E-state index in [9.17, 15) is 4.79 Å². The molecule has 0 unspecified atom stereocenters. The van der Waals surface area contributed by atoms with E-state index in [1.807, 2.05) is 29.8 Å². The Balaban J connectivity index is 2.68. The second-order valence-corrected chi connectivity index (χ2v) is 4.19. The zero-order valence-electron chi connectivity index (χ0n) is 8.45. The summed E-state index contributed by atoms with van der Waals surface area (Å²) in [6.45, 7) is 1.40. The van der Waals surface area contributed by atoms with Crippen LogP contribution in [-0.2, 0) is 11.8 Å². The SMILES string of the molecule is CC(=O)Oc1cn(C)c2c(Br)cccc12. The molecule has 78 valence electrons. The molecule has 2 rings (SSSR count). The second kappa shape index (κ2) is 3.70. The van der Waals surface area contributed by atoms with Gasteiger partial charge in [-0.3, -0.25) is 4.79 Å². The van der Waals surface area contributed by atoms with Gasteiger partial charge in [0.25, 0.3) is 0 Å². The Morgan fingerprint density at radius 2 is 2.20 bits per heavy atom. The lowest BCUT2D eigenvalue weighted by Crippen LogP contribution is -2.00. The normalized spacial score (nSPS) is 10.6. The molecule has 0 saturated carbocycles. The lowest BCUT2D eigenvalue weighted by Gasteiger charge is -1.99. The number of ether oxygens (including phenoxy) is 1. The minimum Gasteiger partial charge on any atom is -0.424 e. The number of carbonyl (C=O) groups excluding carboxylic acids is 1. The Labute approximate surface area is 95.8 Å². The van der Waals surface area contributed by atoms with Crippen molar-refractivity contribution >= 4 is 32.8 Å². The maximum absolute atomic E-state index is 10.9. The van der Waals surface area contributed by atoms with Crippen molar-refractivity contribution in [2.45, 2.75) is 6.92 Å². The number of carbonyl (C=O) groups is 1. The molecule has 0 aliphatic rings. The van der Waals surface area contributed by atoms with Gasteiger partial charge < -0.3 is 9.30 Å². The molecule has 1 heterocycles. The van der Waals surface area contributed by atoms with Crippen molar-refractivity contribution in [3.05, 3.63) is 28.9 Å². The van der Waals surface area contributed by atoms with Crippen molar-refractivity contribution in [1.82, 2.24) is 4.57 Å². The summed E-state index contributed by atoms with van der Waals surface area (Å²) in [4.78, 5) is 10.9. The molecule has 0 radical (unpaired) electrons. The topological polar surface area (TPSA) is 31.2 Å². The van der Waals surface area contributed by atoms with Crippen molar-refractivity contribution in [2.24, 2.45) is 7.05 Å². The predicted molar refractivity (Wildman–Crippen MR) is 61.9 cm³/mol. The van der Waals surface area contributed by atoms with Crippen molar-refractivity contribution in [2.75, 3.05) is 0 Å². The van der Waals surface area contributed by atoms with E-state index >= 15 is 0 Å². The van der Waals surface area contributed by atoms with Gasteiger partial charge in [0.2, 0.25) is 0 Å². The number of esters is 1. The number of hydrogen-bond acceptors (Lipinski definition) is 2. The van der Waals surface area contributed by atoms with Gasteiger partial charge in [0, 0.05) is 30.0 Å². The fraction of sp³-hybridized carbons (Fsp3) is 0.182. The number of aromatic nitrogens is 1. The van der Waals surface area contributed by atoms with Gasteiger partial charge in [-0.1, -0.05) is 6.07 Å². The zero-order valence-corrected chi connectivity index (χ0v) is 10.0. The first kappa shape index (κ1) is 10.2. The lowest BCUT2D eigenvalue weighted by molar-refractivity contribution is -0.131. The Bertz CT molecular complexity index is 531. The van der Waals surface area contributed by atoms with Crippen LogP contribution in [-0.4, -0.2) is 10.5 Å². The summed E-state index contributed by atoms with van der Waals surface area (Å²) in [5.41, 5.74) is 1.02. The highest BCUT2D eigenvalue weighted by atomic mass is 79.9. The average Bonchev–Trinajstić information content (AvgIpc) is 2.44. The van der Waals surface area contributed by atoms with Gasteiger partial charge in [0.05, 0.1) is 5.52 Å². The van der Waals surface area contributed by atoms with E-state index in [0.717, 1.165) is 15.4 Å². The minimum absolute atomic E-state index is 0.303. The third-order valence-electron chi connectivity index (χ3n) is 2.17. The first-order chi connectivity index (χ1) is 7.09. The average molecular weight is 268 g/mol. The van der Waals surface area contributed by atoms with Crippen LogP contribution >= 0.6 is 15.9 Å². The van der Waals surface area contributed by atoms with E-state index in [0.29, 0.717) is 5.75 Å². The third kappa shape index (κ3) is 1.77. The van der Waals surface area contributed by atoms with E-state index < -0.39 is 0 Å². The standard InChI is InChI=1S/C11H10BrNO2/c1-7(14)15-10-6-13(2)11-8(10)4-3-5-9(11)12/h3-6H,1-2H3. The maximum atomic E-state index is 10.9. The van der Waals surface area contributed by atoms with Gasteiger partial charge in [-0.2, -0.15) is 0 Å². The minimum atomic E-state index is -0.303. The van der Waals surface area contributed by atoms with Crippen molar-refractivity contribution in [1.29, 1.82) is 0 Å². The number of benzene rings is 1. The molecule has 2 aromatic rings. The summed E-state index contributed by atoms with van der Waals surface area (Å²) in [6, 6.07) is 5.80. The smallest absolute Gasteiger partial charge is 0.308 e. The first-order valence-electron chi connectivity index (χ1n) is 4.51. The van der Waals surface area contributed by atoms with Crippen molar-refractivity contribution in [3.8, 4) is 5.75 Å². The summed E-state index contributed by atoms with van der Waals surface area (Å²) >= 11 is 3.47. The van der Waals surface area contributed by atoms with Crippen LogP contribution in [0.4, 0.5) is 0 Å². The van der Waals surface area contributed by atoms with E-state index in [-0.39, 0.29) is 5.97 Å². The first-order valence-corrected chi connectivity index (χ1v) is 5.31. The largest absolute Gasteiger partial charge is 0.424 e. The molecular weight excluding hydrogens is 258 g/mol. The fourth-order valence-electron chi connectivity index (χ4n) is 1.62. The number of para-hydroxylation sites is 1. The van der Waals surface area contributed by atoms with Crippen molar-refractivity contribution < 1.29 is 9.53 Å². The van der Waals surface area contributed by atoms with E-state index in [4.69, 9.17) is 4.74 Å². The van der Waals surface area contributed by atoms with Crippen LogP contribution in [0.5, 0.6) is 5.75 Å². The molecule has 0 N–H and O–H groups in total. The van der Waals surface area contributed by atoms with Crippen LogP contribution in [0.3, 0.4) is 0 Å². The number of hydrogen-bond donors (Lipinski definition) is 0. The summed E-state index contributed by atoms with van der Waals surface area (Å²) in [6.07, 6.45) is 1.80. The van der Waals surface area contributed by atoms with E-state index in [1.54, 1.807) is 6.20 Å². The van der Waals surface area contributed by atoms with Gasteiger partial charge in [0.15, 0.2) is 5.75 Å². The highest BCUT2D eigenvalue weighted by Gasteiger charge is 2.11. The van der Waals surface area contributed by atoms with Crippen molar-refractivity contribution in [3.63, 3.8) is 0 Å². The fourth-order valence-corrected chi connectivity index (χ4v) is 2.26. The highest BCUT2D eigenvalue weighted by Crippen LogP contribution is 2.32. The van der Waals surface area contributed by atoms with Crippen LogP contribution in [0.15, 0.2) is 28.9 Å². The van der Waals surface area contributed by atoms with Crippen LogP contribution in [0.25, 0.3) is 10.9 Å². The van der Waals surface area contributed by atoms with Gasteiger partial charge in [0.1, 0.15) is 0 Å². The molecule has 4 heteroatoms. The van der Waals surface area contributed by atoms with Crippen LogP contribution in [0.1, 0.15) is 6.92 Å². The number of fused-ring (bicyclic) bond motifs is 1. The molecule has 1 aromatic heterocycles. The van der Waals surface area contributed by atoms with Gasteiger partial charge in [-0.15, -0.1) is 0 Å². The molecule has 0 fully saturated rings. The summed E-state index contributed by atoms with van der Waals surface area (Å²) in [7, 11) is 1.92. The number of halogens is 1. The summed E-state index contributed by atoms with van der Waals surface area (Å²) in [5.74, 6) is 0.295. The summed E-state index contributed by atoms with van der Waals surface area (Å²) < 4.78 is 8.04. The molecule has 3 nitrogen and oxygen atoms in total. The summed E-state index contributed by atoms with van der Waals surface area (Å²) in [5, 5.41) is 0.932. The molecule has 0 saturated heterocycles. The lowest BCUT2D eigenvalue weighted by atomic mass is 10.2. The van der Waals surface area contributed by atoms with Crippen LogP contribution < -0.4 is 4.74 Å². The molecule has 15 heavy (non-hydrogen) atoms. The molecule has 0 amide bonds. The van der Waals surface area contributed by atoms with E-state index in [1.165, 1.54) is 6.92 Å². The number of aryl methyl sites for hydroxylation is 1. The third-order valence-corrected chi connectivity index (χ3v) is 2.81. The van der Waals surface area contributed by atoms with Gasteiger partial charge in [-0.05, 0) is 28.1 Å². The van der Waals surface area contributed by atoms with Crippen LogP contribution in [0.2, 0.25) is 0 Å². The molecule has 1 aromatic carbocycles. The van der Waals surface area contributed by atoms with Gasteiger partial charge >= 0.3 is 5.97 Å². The quantitative estimate of drug-likeness (QED) is 0.745. The molecule has 0 spiro atoms. The Hall–Kier alpha value is -1.29. The Morgan fingerprint density at radius 1 is 1.47 bits per heavy atom. The monoisotopic (exact) mass is 267 g/mol. The van der Waals surface area contributed by atoms with Gasteiger partial charge in [-0.25, -0.2) is 0 Å². The maximum Gasteiger partial charge on any atom is 0.308 e. The predicted octanol–water partition coefficient (Wildman–Crippen LogP) is 2.87. The number of nitrogens with zero attached hydrogens (tertiary/aromatic N) is 1. The molecule has 0 bridgehead atoms. The number of rotatable bonds is 1. The molecular formula is C11H10BrNO2.